The van der Waals surface area contributed by atoms with Crippen molar-refractivity contribution in [3.63, 3.8) is 0 Å². The fourth-order valence-corrected chi connectivity index (χ4v) is 2.76. The molecule has 0 aromatic heterocycles. The van der Waals surface area contributed by atoms with E-state index in [0.29, 0.717) is 5.92 Å². The fourth-order valence-electron chi connectivity index (χ4n) is 2.49. The molecule has 0 spiro atoms. The first-order chi connectivity index (χ1) is 7.54. The van der Waals surface area contributed by atoms with Gasteiger partial charge in [0, 0.05) is 10.9 Å². The molecule has 86 valence electrons. The maximum absolute atomic E-state index is 10.7. The molecule has 0 radical (unpaired) electrons. The molecule has 1 aliphatic carbocycles. The Bertz CT molecular complexity index is 399. The molecule has 1 N–H and O–H groups in total. The van der Waals surface area contributed by atoms with Crippen molar-refractivity contribution in [2.24, 2.45) is 5.92 Å². The number of aliphatic carboxylic acids is 1. The molecule has 0 aliphatic heterocycles. The van der Waals surface area contributed by atoms with E-state index < -0.39 is 5.97 Å². The van der Waals surface area contributed by atoms with E-state index in [2.05, 4.69) is 35.0 Å². The van der Waals surface area contributed by atoms with E-state index in [0.717, 1.165) is 17.3 Å². The summed E-state index contributed by atoms with van der Waals surface area (Å²) in [5.74, 6) is -0.0939. The molecule has 2 atom stereocenters. The first-order valence-electron chi connectivity index (χ1n) is 5.52. The van der Waals surface area contributed by atoms with Gasteiger partial charge in [-0.3, -0.25) is 4.79 Å². The molecule has 0 saturated heterocycles. The van der Waals surface area contributed by atoms with Crippen LogP contribution in [0.15, 0.2) is 28.7 Å². The lowest BCUT2D eigenvalue weighted by Gasteiger charge is -2.16. The highest BCUT2D eigenvalue weighted by Crippen LogP contribution is 2.57. The highest BCUT2D eigenvalue weighted by Gasteiger charge is 2.51. The molecule has 1 fully saturated rings. The van der Waals surface area contributed by atoms with Crippen molar-refractivity contribution < 1.29 is 9.90 Å². The maximum atomic E-state index is 10.7. The van der Waals surface area contributed by atoms with Crippen LogP contribution in [0.3, 0.4) is 0 Å². The molecule has 2 rings (SSSR count). The van der Waals surface area contributed by atoms with Crippen molar-refractivity contribution in [1.82, 2.24) is 0 Å². The predicted molar refractivity (Wildman–Crippen MR) is 66.5 cm³/mol. The minimum Gasteiger partial charge on any atom is -0.481 e. The zero-order valence-electron chi connectivity index (χ0n) is 9.24. The summed E-state index contributed by atoms with van der Waals surface area (Å²) >= 11 is 3.42. The average molecular weight is 283 g/mol. The highest BCUT2D eigenvalue weighted by atomic mass is 79.9. The number of carboxylic acids is 1. The van der Waals surface area contributed by atoms with E-state index in [9.17, 15) is 4.79 Å². The third kappa shape index (κ3) is 2.14. The molecular formula is C13H15BrO2. The van der Waals surface area contributed by atoms with Crippen LogP contribution >= 0.6 is 15.9 Å². The van der Waals surface area contributed by atoms with E-state index in [-0.39, 0.29) is 11.8 Å². The van der Waals surface area contributed by atoms with E-state index >= 15 is 0 Å². The summed E-state index contributed by atoms with van der Waals surface area (Å²) in [6.07, 6.45) is 2.13. The van der Waals surface area contributed by atoms with Crippen LogP contribution in [0.5, 0.6) is 0 Å². The van der Waals surface area contributed by atoms with Gasteiger partial charge in [-0.1, -0.05) is 35.0 Å². The van der Waals surface area contributed by atoms with Gasteiger partial charge < -0.3 is 5.11 Å². The third-order valence-corrected chi connectivity index (χ3v) is 4.19. The second-order valence-electron chi connectivity index (χ2n) is 4.66. The van der Waals surface area contributed by atoms with Crippen molar-refractivity contribution in [2.75, 3.05) is 0 Å². The van der Waals surface area contributed by atoms with Crippen molar-refractivity contribution in [3.8, 4) is 0 Å². The second kappa shape index (κ2) is 4.21. The van der Waals surface area contributed by atoms with Gasteiger partial charge in [-0.25, -0.2) is 0 Å². The standard InChI is InChI=1S/C13H15BrO2/c1-9-8-13(9,7-6-12(15)16)10-2-4-11(14)5-3-10/h2-5,9H,6-8H2,1H3,(H,15,16)/t9-,13+/m1/s1. The summed E-state index contributed by atoms with van der Waals surface area (Å²) in [4.78, 5) is 10.7. The lowest BCUT2D eigenvalue weighted by Crippen LogP contribution is -2.11. The average Bonchev–Trinajstić information content (AvgIpc) is 2.89. The van der Waals surface area contributed by atoms with Crippen LogP contribution in [0, 0.1) is 5.92 Å². The molecular weight excluding hydrogens is 268 g/mol. The minimum absolute atomic E-state index is 0.124. The van der Waals surface area contributed by atoms with Crippen LogP contribution in [0.1, 0.15) is 31.7 Å². The normalized spacial score (nSPS) is 27.8. The molecule has 0 amide bonds. The molecule has 0 bridgehead atoms. The number of carbonyl (C=O) groups is 1. The SMILES string of the molecule is C[C@@H]1C[C@]1(CCC(=O)O)c1ccc(Br)cc1. The predicted octanol–water partition coefficient (Wildman–Crippen LogP) is 3.59. The number of carboxylic acid groups (broad SMARTS) is 1. The number of hydrogen-bond donors (Lipinski definition) is 1. The third-order valence-electron chi connectivity index (χ3n) is 3.66. The van der Waals surface area contributed by atoms with Crippen LogP contribution in [0.25, 0.3) is 0 Å². The monoisotopic (exact) mass is 282 g/mol. The molecule has 3 heteroatoms. The summed E-state index contributed by atoms with van der Waals surface area (Å²) in [6.45, 7) is 2.20. The van der Waals surface area contributed by atoms with Crippen LogP contribution in [0.2, 0.25) is 0 Å². The first-order valence-corrected chi connectivity index (χ1v) is 6.32. The van der Waals surface area contributed by atoms with Crippen LogP contribution < -0.4 is 0 Å². The van der Waals surface area contributed by atoms with Crippen molar-refractivity contribution in [1.29, 1.82) is 0 Å². The topological polar surface area (TPSA) is 37.3 Å². The zero-order chi connectivity index (χ0) is 11.8. The quantitative estimate of drug-likeness (QED) is 0.916. The van der Waals surface area contributed by atoms with Crippen LogP contribution in [0.4, 0.5) is 0 Å². The first kappa shape index (κ1) is 11.6. The van der Waals surface area contributed by atoms with Gasteiger partial charge in [-0.15, -0.1) is 0 Å². The highest BCUT2D eigenvalue weighted by molar-refractivity contribution is 9.10. The Morgan fingerprint density at radius 3 is 2.50 bits per heavy atom. The van der Waals surface area contributed by atoms with E-state index in [1.165, 1.54) is 5.56 Å². The van der Waals surface area contributed by atoms with Crippen molar-refractivity contribution in [3.05, 3.63) is 34.3 Å². The Balaban J connectivity index is 2.16. The van der Waals surface area contributed by atoms with E-state index in [1.807, 2.05) is 12.1 Å². The number of halogens is 1. The maximum Gasteiger partial charge on any atom is 0.303 e. The summed E-state index contributed by atoms with van der Waals surface area (Å²) in [5, 5.41) is 8.77. The summed E-state index contributed by atoms with van der Waals surface area (Å²) in [6, 6.07) is 8.27. The largest absolute Gasteiger partial charge is 0.481 e. The second-order valence-corrected chi connectivity index (χ2v) is 5.58. The van der Waals surface area contributed by atoms with Gasteiger partial charge in [-0.05, 0) is 41.9 Å². The van der Waals surface area contributed by atoms with Gasteiger partial charge in [0.2, 0.25) is 0 Å². The van der Waals surface area contributed by atoms with Gasteiger partial charge >= 0.3 is 5.97 Å². The zero-order valence-corrected chi connectivity index (χ0v) is 10.8. The molecule has 1 aromatic carbocycles. The van der Waals surface area contributed by atoms with Gasteiger partial charge in [0.1, 0.15) is 0 Å². The number of hydrogen-bond acceptors (Lipinski definition) is 1. The Morgan fingerprint density at radius 2 is 2.06 bits per heavy atom. The lowest BCUT2D eigenvalue weighted by atomic mass is 9.89. The minimum atomic E-state index is -0.699. The Hall–Kier alpha value is -0.830. The molecule has 0 unspecified atom stereocenters. The Labute approximate surface area is 104 Å². The molecule has 1 aliphatic rings. The van der Waals surface area contributed by atoms with Crippen LogP contribution in [-0.2, 0) is 10.2 Å². The smallest absolute Gasteiger partial charge is 0.303 e. The van der Waals surface area contributed by atoms with E-state index in [4.69, 9.17) is 5.11 Å². The van der Waals surface area contributed by atoms with Gasteiger partial charge in [0.15, 0.2) is 0 Å². The van der Waals surface area contributed by atoms with Crippen LogP contribution in [-0.4, -0.2) is 11.1 Å². The van der Waals surface area contributed by atoms with Gasteiger partial charge in [-0.2, -0.15) is 0 Å². The molecule has 1 aromatic rings. The van der Waals surface area contributed by atoms with Gasteiger partial charge in [0.25, 0.3) is 0 Å². The molecule has 1 saturated carbocycles. The molecule has 2 nitrogen and oxygen atoms in total. The van der Waals surface area contributed by atoms with Crippen molar-refractivity contribution in [2.45, 2.75) is 31.6 Å². The Kier molecular flexibility index (Phi) is 3.06. The molecule has 0 heterocycles. The van der Waals surface area contributed by atoms with Crippen molar-refractivity contribution >= 4 is 21.9 Å². The summed E-state index contributed by atoms with van der Waals surface area (Å²) in [7, 11) is 0. The summed E-state index contributed by atoms with van der Waals surface area (Å²) in [5.41, 5.74) is 1.41. The number of rotatable bonds is 4. The van der Waals surface area contributed by atoms with E-state index in [1.54, 1.807) is 0 Å². The number of benzene rings is 1. The lowest BCUT2D eigenvalue weighted by molar-refractivity contribution is -0.137. The summed E-state index contributed by atoms with van der Waals surface area (Å²) < 4.78 is 1.07. The van der Waals surface area contributed by atoms with Gasteiger partial charge in [0.05, 0.1) is 0 Å². The fraction of sp³-hybridized carbons (Fsp3) is 0.462. The Morgan fingerprint density at radius 1 is 1.50 bits per heavy atom. The molecule has 16 heavy (non-hydrogen) atoms.